The van der Waals surface area contributed by atoms with Gasteiger partial charge in [-0.2, -0.15) is 0 Å². The van der Waals surface area contributed by atoms with Crippen molar-refractivity contribution in [2.45, 2.75) is 13.0 Å². The van der Waals surface area contributed by atoms with Crippen LogP contribution in [0.15, 0.2) is 30.7 Å². The van der Waals surface area contributed by atoms with E-state index in [-0.39, 0.29) is 6.04 Å². The molecule has 0 unspecified atom stereocenters. The van der Waals surface area contributed by atoms with Crippen LogP contribution < -0.4 is 5.73 Å². The summed E-state index contributed by atoms with van der Waals surface area (Å²) in [6.45, 7) is 1.79. The summed E-state index contributed by atoms with van der Waals surface area (Å²) < 4.78 is 27.5. The lowest BCUT2D eigenvalue weighted by molar-refractivity contribution is 0.581. The van der Waals surface area contributed by atoms with Gasteiger partial charge in [-0.15, -0.1) is 0 Å². The third-order valence-corrected chi connectivity index (χ3v) is 2.21. The smallest absolute Gasteiger partial charge is 0.128 e. The molecule has 1 aromatic carbocycles. The molecule has 1 atom stereocenters. The molecule has 0 bridgehead atoms. The van der Waals surface area contributed by atoms with E-state index in [9.17, 15) is 8.78 Å². The highest BCUT2D eigenvalue weighted by atomic mass is 19.1. The van der Waals surface area contributed by atoms with E-state index in [1.165, 1.54) is 23.0 Å². The normalized spacial score (nSPS) is 12.8. The Hall–Kier alpha value is -1.75. The number of hydrogen-bond donors (Lipinski definition) is 1. The highest BCUT2D eigenvalue weighted by molar-refractivity contribution is 5.33. The average Bonchev–Trinajstić information content (AvgIpc) is 2.64. The molecule has 0 saturated carbocycles. The van der Waals surface area contributed by atoms with Gasteiger partial charge in [0.1, 0.15) is 11.6 Å². The van der Waals surface area contributed by atoms with Crippen LogP contribution in [0.1, 0.15) is 18.7 Å². The number of nitrogens with two attached hydrogens (primary N) is 1. The molecule has 0 aliphatic rings. The average molecular weight is 223 g/mol. The van der Waals surface area contributed by atoms with Gasteiger partial charge in [0.15, 0.2) is 0 Å². The number of rotatable bonds is 2. The van der Waals surface area contributed by atoms with E-state index in [0.717, 1.165) is 6.07 Å². The Morgan fingerprint density at radius 2 is 1.88 bits per heavy atom. The zero-order valence-electron chi connectivity index (χ0n) is 8.69. The molecule has 5 heteroatoms. The van der Waals surface area contributed by atoms with Crippen LogP contribution in [0.5, 0.6) is 0 Å². The van der Waals surface area contributed by atoms with E-state index >= 15 is 0 Å². The third kappa shape index (κ3) is 2.09. The fourth-order valence-corrected chi connectivity index (χ4v) is 1.40. The first-order chi connectivity index (χ1) is 7.56. The van der Waals surface area contributed by atoms with Crippen molar-refractivity contribution >= 4 is 0 Å². The number of nitrogens with zero attached hydrogens (tertiary/aromatic N) is 2. The standard InChI is InChI=1S/C11H11F2N3/c1-7(14)11-5-16(6-15-11)10-3-8(12)2-9(13)4-10/h2-7H,14H2,1H3/t7-/m0/s1. The van der Waals surface area contributed by atoms with Gasteiger partial charge in [0.2, 0.25) is 0 Å². The highest BCUT2D eigenvalue weighted by Gasteiger charge is 2.06. The first-order valence-electron chi connectivity index (χ1n) is 4.82. The fraction of sp³-hybridized carbons (Fsp3) is 0.182. The van der Waals surface area contributed by atoms with E-state index in [2.05, 4.69) is 4.98 Å². The Morgan fingerprint density at radius 1 is 1.25 bits per heavy atom. The molecule has 0 radical (unpaired) electrons. The van der Waals surface area contributed by atoms with Crippen molar-refractivity contribution in [1.29, 1.82) is 0 Å². The Labute approximate surface area is 91.5 Å². The third-order valence-electron chi connectivity index (χ3n) is 2.21. The van der Waals surface area contributed by atoms with Crippen molar-refractivity contribution in [3.8, 4) is 5.69 Å². The van der Waals surface area contributed by atoms with Crippen LogP contribution in [0.25, 0.3) is 5.69 Å². The predicted molar refractivity (Wildman–Crippen MR) is 56.1 cm³/mol. The SMILES string of the molecule is C[C@H](N)c1cn(-c2cc(F)cc(F)c2)cn1. The zero-order valence-corrected chi connectivity index (χ0v) is 8.69. The van der Waals surface area contributed by atoms with Crippen LogP contribution in [0.2, 0.25) is 0 Å². The van der Waals surface area contributed by atoms with Gasteiger partial charge in [-0.05, 0) is 19.1 Å². The molecular formula is C11H11F2N3. The molecule has 2 aromatic rings. The van der Waals surface area contributed by atoms with Gasteiger partial charge >= 0.3 is 0 Å². The van der Waals surface area contributed by atoms with Crippen molar-refractivity contribution in [2.75, 3.05) is 0 Å². The predicted octanol–water partition coefficient (Wildman–Crippen LogP) is 2.17. The van der Waals surface area contributed by atoms with E-state index in [1.807, 2.05) is 0 Å². The number of imidazole rings is 1. The van der Waals surface area contributed by atoms with Crippen molar-refractivity contribution < 1.29 is 8.78 Å². The number of aromatic nitrogens is 2. The van der Waals surface area contributed by atoms with Crippen molar-refractivity contribution in [1.82, 2.24) is 9.55 Å². The van der Waals surface area contributed by atoms with Gasteiger partial charge in [0.05, 0.1) is 17.7 Å². The summed E-state index contributed by atoms with van der Waals surface area (Å²) in [5.74, 6) is -1.24. The summed E-state index contributed by atoms with van der Waals surface area (Å²) in [4.78, 5) is 4.04. The second-order valence-corrected chi connectivity index (χ2v) is 3.62. The largest absolute Gasteiger partial charge is 0.323 e. The Kier molecular flexibility index (Phi) is 2.70. The molecule has 0 aliphatic carbocycles. The first-order valence-corrected chi connectivity index (χ1v) is 4.82. The molecule has 2 rings (SSSR count). The maximum atomic E-state index is 13.0. The summed E-state index contributed by atoms with van der Waals surface area (Å²) in [5.41, 5.74) is 6.70. The Bertz CT molecular complexity index is 485. The minimum atomic E-state index is -0.619. The molecule has 3 nitrogen and oxygen atoms in total. The van der Waals surface area contributed by atoms with Crippen molar-refractivity contribution in [3.05, 3.63) is 48.1 Å². The zero-order chi connectivity index (χ0) is 11.7. The molecule has 0 aliphatic heterocycles. The van der Waals surface area contributed by atoms with E-state index in [4.69, 9.17) is 5.73 Å². The number of benzene rings is 1. The van der Waals surface area contributed by atoms with E-state index in [0.29, 0.717) is 11.4 Å². The molecule has 16 heavy (non-hydrogen) atoms. The molecule has 1 aromatic heterocycles. The minimum Gasteiger partial charge on any atom is -0.323 e. The molecule has 2 N–H and O–H groups in total. The van der Waals surface area contributed by atoms with Gasteiger partial charge in [0, 0.05) is 18.3 Å². The topological polar surface area (TPSA) is 43.8 Å². The minimum absolute atomic E-state index is 0.209. The van der Waals surface area contributed by atoms with E-state index in [1.54, 1.807) is 13.1 Å². The summed E-state index contributed by atoms with van der Waals surface area (Å²) in [5, 5.41) is 0. The van der Waals surface area contributed by atoms with Crippen LogP contribution in [-0.2, 0) is 0 Å². The lowest BCUT2D eigenvalue weighted by atomic mass is 10.2. The Balaban J connectivity index is 2.42. The lowest BCUT2D eigenvalue weighted by Gasteiger charge is -2.02. The number of hydrogen-bond acceptors (Lipinski definition) is 2. The van der Waals surface area contributed by atoms with Gasteiger partial charge in [0.25, 0.3) is 0 Å². The summed E-state index contributed by atoms with van der Waals surface area (Å²) in [6, 6.07) is 3.08. The van der Waals surface area contributed by atoms with Crippen LogP contribution in [0.3, 0.4) is 0 Å². The molecule has 84 valence electrons. The van der Waals surface area contributed by atoms with Gasteiger partial charge < -0.3 is 10.3 Å². The summed E-state index contributed by atoms with van der Waals surface area (Å²) >= 11 is 0. The van der Waals surface area contributed by atoms with Gasteiger partial charge in [-0.1, -0.05) is 0 Å². The molecule has 0 amide bonds. The molecule has 1 heterocycles. The number of halogens is 2. The Morgan fingerprint density at radius 3 is 2.38 bits per heavy atom. The summed E-state index contributed by atoms with van der Waals surface area (Å²) in [7, 11) is 0. The molecular weight excluding hydrogens is 212 g/mol. The molecule has 0 spiro atoms. The maximum Gasteiger partial charge on any atom is 0.128 e. The monoisotopic (exact) mass is 223 g/mol. The van der Waals surface area contributed by atoms with Crippen LogP contribution in [0.4, 0.5) is 8.78 Å². The van der Waals surface area contributed by atoms with Crippen LogP contribution >= 0.6 is 0 Å². The summed E-state index contributed by atoms with van der Waals surface area (Å²) in [6.07, 6.45) is 3.13. The van der Waals surface area contributed by atoms with Crippen molar-refractivity contribution in [2.24, 2.45) is 5.73 Å². The lowest BCUT2D eigenvalue weighted by Crippen LogP contribution is -2.04. The van der Waals surface area contributed by atoms with Crippen molar-refractivity contribution in [3.63, 3.8) is 0 Å². The molecule has 0 saturated heterocycles. The second-order valence-electron chi connectivity index (χ2n) is 3.62. The maximum absolute atomic E-state index is 13.0. The van der Waals surface area contributed by atoms with Crippen LogP contribution in [0, 0.1) is 11.6 Å². The highest BCUT2D eigenvalue weighted by Crippen LogP contribution is 2.15. The fourth-order valence-electron chi connectivity index (χ4n) is 1.40. The van der Waals surface area contributed by atoms with Gasteiger partial charge in [-0.25, -0.2) is 13.8 Å². The first kappa shape index (κ1) is 10.8. The van der Waals surface area contributed by atoms with Crippen LogP contribution in [-0.4, -0.2) is 9.55 Å². The van der Waals surface area contributed by atoms with Gasteiger partial charge in [-0.3, -0.25) is 0 Å². The van der Waals surface area contributed by atoms with E-state index < -0.39 is 11.6 Å². The molecule has 0 fully saturated rings. The quantitative estimate of drug-likeness (QED) is 0.847. The second kappa shape index (κ2) is 4.02.